The van der Waals surface area contributed by atoms with Gasteiger partial charge >= 0.3 is 0 Å². The molecule has 1 unspecified atom stereocenters. The fraction of sp³-hybridized carbons (Fsp3) is 0.625. The molecule has 0 heterocycles. The maximum absolute atomic E-state index is 10.6. The minimum absolute atomic E-state index is 0.335. The Kier molecular flexibility index (Phi) is 6.81. The van der Waals surface area contributed by atoms with Gasteiger partial charge in [-0.05, 0) is 31.7 Å². The van der Waals surface area contributed by atoms with Crippen molar-refractivity contribution < 1.29 is 9.84 Å². The fourth-order valence-electron chi connectivity index (χ4n) is 2.47. The van der Waals surface area contributed by atoms with Gasteiger partial charge in [-0.15, -0.1) is 0 Å². The maximum Gasteiger partial charge on any atom is 0.125 e. The van der Waals surface area contributed by atoms with Crippen LogP contribution in [0.4, 0.5) is 0 Å². The van der Waals surface area contributed by atoms with E-state index in [1.54, 1.807) is 0 Å². The van der Waals surface area contributed by atoms with Gasteiger partial charge in [-0.2, -0.15) is 0 Å². The van der Waals surface area contributed by atoms with Crippen LogP contribution in [0.5, 0.6) is 5.75 Å². The molecule has 18 heavy (non-hydrogen) atoms. The van der Waals surface area contributed by atoms with Crippen molar-refractivity contribution in [2.75, 3.05) is 6.61 Å². The minimum atomic E-state index is -0.410. The summed E-state index contributed by atoms with van der Waals surface area (Å²) in [6, 6.07) is 7.84. The Balaban J connectivity index is 2.88. The van der Waals surface area contributed by atoms with Crippen molar-refractivity contribution in [2.24, 2.45) is 5.92 Å². The molecular weight excluding hydrogens is 224 g/mol. The molecule has 0 saturated carbocycles. The van der Waals surface area contributed by atoms with Gasteiger partial charge in [0.2, 0.25) is 0 Å². The molecule has 2 heteroatoms. The fourth-order valence-corrected chi connectivity index (χ4v) is 2.47. The van der Waals surface area contributed by atoms with Crippen LogP contribution in [-0.4, -0.2) is 11.7 Å². The molecule has 0 aromatic heterocycles. The standard InChI is InChI=1S/C16H26O2/c1-4-9-13(10-5-2)16(17)14-11-7-8-12-15(14)18-6-3/h7-8,11-13,16-17H,4-6,9-10H2,1-3H3. The van der Waals surface area contributed by atoms with Crippen molar-refractivity contribution in [3.05, 3.63) is 29.8 Å². The van der Waals surface area contributed by atoms with Gasteiger partial charge < -0.3 is 9.84 Å². The molecule has 1 aromatic carbocycles. The molecule has 2 nitrogen and oxygen atoms in total. The normalized spacial score (nSPS) is 12.7. The summed E-state index contributed by atoms with van der Waals surface area (Å²) in [5.41, 5.74) is 0.936. The molecule has 102 valence electrons. The van der Waals surface area contributed by atoms with Crippen LogP contribution >= 0.6 is 0 Å². The van der Waals surface area contributed by atoms with Crippen LogP contribution in [0.3, 0.4) is 0 Å². The quantitative estimate of drug-likeness (QED) is 0.744. The van der Waals surface area contributed by atoms with Gasteiger partial charge in [-0.3, -0.25) is 0 Å². The van der Waals surface area contributed by atoms with Gasteiger partial charge in [0.05, 0.1) is 12.7 Å². The first kappa shape index (κ1) is 15.0. The highest BCUT2D eigenvalue weighted by molar-refractivity contribution is 5.35. The van der Waals surface area contributed by atoms with Gasteiger partial charge in [0.1, 0.15) is 5.75 Å². The number of rotatable bonds is 8. The van der Waals surface area contributed by atoms with Crippen LogP contribution in [0, 0.1) is 5.92 Å². The molecule has 0 aliphatic carbocycles. The Morgan fingerprint density at radius 3 is 2.22 bits per heavy atom. The van der Waals surface area contributed by atoms with E-state index < -0.39 is 6.10 Å². The summed E-state index contributed by atoms with van der Waals surface area (Å²) in [6.07, 6.45) is 3.94. The third kappa shape index (κ3) is 4.02. The Hall–Kier alpha value is -1.02. The van der Waals surface area contributed by atoms with Crippen molar-refractivity contribution in [1.29, 1.82) is 0 Å². The highest BCUT2D eigenvalue weighted by Crippen LogP contribution is 2.34. The van der Waals surface area contributed by atoms with Crippen LogP contribution in [0.1, 0.15) is 58.1 Å². The van der Waals surface area contributed by atoms with Crippen LogP contribution in [0.15, 0.2) is 24.3 Å². The topological polar surface area (TPSA) is 29.5 Å². The van der Waals surface area contributed by atoms with E-state index in [0.717, 1.165) is 37.0 Å². The highest BCUT2D eigenvalue weighted by Gasteiger charge is 2.22. The van der Waals surface area contributed by atoms with Gasteiger partial charge in [0, 0.05) is 5.56 Å². The number of hydrogen-bond acceptors (Lipinski definition) is 2. The van der Waals surface area contributed by atoms with Crippen LogP contribution in [0.25, 0.3) is 0 Å². The highest BCUT2D eigenvalue weighted by atomic mass is 16.5. The summed E-state index contributed by atoms with van der Waals surface area (Å²) in [4.78, 5) is 0. The predicted molar refractivity (Wildman–Crippen MR) is 75.9 cm³/mol. The summed E-state index contributed by atoms with van der Waals surface area (Å²) in [7, 11) is 0. The van der Waals surface area contributed by atoms with Crippen molar-refractivity contribution in [3.8, 4) is 5.75 Å². The SMILES string of the molecule is CCCC(CCC)C(O)c1ccccc1OCC. The van der Waals surface area contributed by atoms with Crippen molar-refractivity contribution in [3.63, 3.8) is 0 Å². The summed E-state index contributed by atoms with van der Waals surface area (Å²) < 4.78 is 5.60. The molecule has 1 rings (SSSR count). The lowest BCUT2D eigenvalue weighted by atomic mass is 9.88. The number of ether oxygens (including phenoxy) is 1. The number of hydrogen-bond donors (Lipinski definition) is 1. The van der Waals surface area contributed by atoms with E-state index in [2.05, 4.69) is 13.8 Å². The zero-order valence-electron chi connectivity index (χ0n) is 11.9. The van der Waals surface area contributed by atoms with E-state index >= 15 is 0 Å². The number of para-hydroxylation sites is 1. The lowest BCUT2D eigenvalue weighted by molar-refractivity contribution is 0.0931. The maximum atomic E-state index is 10.6. The lowest BCUT2D eigenvalue weighted by Gasteiger charge is -2.24. The van der Waals surface area contributed by atoms with E-state index in [1.165, 1.54) is 0 Å². The third-order valence-corrected chi connectivity index (χ3v) is 3.30. The number of aliphatic hydroxyl groups is 1. The Morgan fingerprint density at radius 2 is 1.67 bits per heavy atom. The molecule has 0 amide bonds. The van der Waals surface area contributed by atoms with Crippen molar-refractivity contribution in [1.82, 2.24) is 0 Å². The van der Waals surface area contributed by atoms with Crippen molar-refractivity contribution in [2.45, 2.75) is 52.6 Å². The van der Waals surface area contributed by atoms with Crippen LogP contribution in [0.2, 0.25) is 0 Å². The first-order valence-electron chi connectivity index (χ1n) is 7.14. The average Bonchev–Trinajstić information content (AvgIpc) is 2.39. The third-order valence-electron chi connectivity index (χ3n) is 3.30. The van der Waals surface area contributed by atoms with Crippen LogP contribution in [-0.2, 0) is 0 Å². The van der Waals surface area contributed by atoms with Crippen LogP contribution < -0.4 is 4.74 Å². The molecule has 0 radical (unpaired) electrons. The molecule has 0 aliphatic heterocycles. The second-order valence-electron chi connectivity index (χ2n) is 4.75. The predicted octanol–water partition coefficient (Wildman–Crippen LogP) is 4.34. The summed E-state index contributed by atoms with van der Waals surface area (Å²) >= 11 is 0. The molecule has 0 aliphatic rings. The van der Waals surface area contributed by atoms with E-state index in [9.17, 15) is 5.11 Å². The number of aliphatic hydroxyl groups excluding tert-OH is 1. The first-order valence-corrected chi connectivity index (χ1v) is 7.14. The zero-order chi connectivity index (χ0) is 13.4. The largest absolute Gasteiger partial charge is 0.493 e. The molecule has 0 fully saturated rings. The van der Waals surface area contributed by atoms with E-state index in [-0.39, 0.29) is 0 Å². The second-order valence-corrected chi connectivity index (χ2v) is 4.75. The summed E-state index contributed by atoms with van der Waals surface area (Å²) in [5.74, 6) is 1.16. The Morgan fingerprint density at radius 1 is 1.06 bits per heavy atom. The molecule has 1 aromatic rings. The molecule has 1 N–H and O–H groups in total. The van der Waals surface area contributed by atoms with Crippen molar-refractivity contribution >= 4 is 0 Å². The molecule has 0 spiro atoms. The van der Waals surface area contributed by atoms with Gasteiger partial charge in [-0.25, -0.2) is 0 Å². The Bertz CT molecular complexity index is 330. The van der Waals surface area contributed by atoms with Gasteiger partial charge in [0.25, 0.3) is 0 Å². The van der Waals surface area contributed by atoms with Gasteiger partial charge in [0.15, 0.2) is 0 Å². The summed E-state index contributed by atoms with van der Waals surface area (Å²) in [5, 5.41) is 10.6. The Labute approximate surface area is 111 Å². The summed E-state index contributed by atoms with van der Waals surface area (Å²) in [6.45, 7) is 6.95. The molecule has 1 atom stereocenters. The van der Waals surface area contributed by atoms with E-state index in [4.69, 9.17) is 4.74 Å². The van der Waals surface area contributed by atoms with E-state index in [1.807, 2.05) is 31.2 Å². The molecule has 0 bridgehead atoms. The molecular formula is C16H26O2. The zero-order valence-corrected chi connectivity index (χ0v) is 11.9. The smallest absolute Gasteiger partial charge is 0.125 e. The number of benzene rings is 1. The first-order chi connectivity index (χ1) is 8.74. The average molecular weight is 250 g/mol. The minimum Gasteiger partial charge on any atom is -0.493 e. The van der Waals surface area contributed by atoms with E-state index in [0.29, 0.717) is 12.5 Å². The second kappa shape index (κ2) is 8.15. The van der Waals surface area contributed by atoms with Gasteiger partial charge in [-0.1, -0.05) is 44.9 Å². The molecule has 0 saturated heterocycles. The lowest BCUT2D eigenvalue weighted by Crippen LogP contribution is -2.14. The monoisotopic (exact) mass is 250 g/mol.